The van der Waals surface area contributed by atoms with Gasteiger partial charge in [0.2, 0.25) is 0 Å². The van der Waals surface area contributed by atoms with Crippen LogP contribution in [0.3, 0.4) is 0 Å². The van der Waals surface area contributed by atoms with Gasteiger partial charge < -0.3 is 15.2 Å². The fourth-order valence-electron chi connectivity index (χ4n) is 2.08. The molecule has 1 atom stereocenters. The van der Waals surface area contributed by atoms with Crippen LogP contribution in [-0.2, 0) is 7.05 Å². The van der Waals surface area contributed by atoms with Crippen LogP contribution in [0.25, 0.3) is 0 Å². The molecule has 1 amide bonds. The van der Waals surface area contributed by atoms with Crippen LogP contribution in [0.1, 0.15) is 21.6 Å². The SMILES string of the molecule is Cc1cccc(OCC(O)CNC(=O)c2cn(C)nc2C)c1. The number of rotatable bonds is 6. The quantitative estimate of drug-likeness (QED) is 0.841. The van der Waals surface area contributed by atoms with Crippen LogP contribution >= 0.6 is 0 Å². The van der Waals surface area contributed by atoms with Crippen LogP contribution in [0.15, 0.2) is 30.5 Å². The molecule has 0 saturated carbocycles. The molecular weight excluding hydrogens is 282 g/mol. The number of nitrogens with zero attached hydrogens (tertiary/aromatic N) is 2. The Kier molecular flexibility index (Phi) is 5.16. The van der Waals surface area contributed by atoms with Crippen molar-refractivity contribution in [3.63, 3.8) is 0 Å². The molecular formula is C16H21N3O3. The Morgan fingerprint density at radius 1 is 1.45 bits per heavy atom. The molecule has 1 aromatic heterocycles. The first-order valence-corrected chi connectivity index (χ1v) is 7.11. The van der Waals surface area contributed by atoms with Crippen molar-refractivity contribution in [3.8, 4) is 5.75 Å². The van der Waals surface area contributed by atoms with Gasteiger partial charge in [0.15, 0.2) is 0 Å². The molecule has 0 aliphatic heterocycles. The van der Waals surface area contributed by atoms with Crippen molar-refractivity contribution in [2.75, 3.05) is 13.2 Å². The number of carbonyl (C=O) groups is 1. The monoisotopic (exact) mass is 303 g/mol. The van der Waals surface area contributed by atoms with Crippen LogP contribution in [0.2, 0.25) is 0 Å². The third kappa shape index (κ3) is 4.33. The van der Waals surface area contributed by atoms with Gasteiger partial charge in [0.25, 0.3) is 5.91 Å². The lowest BCUT2D eigenvalue weighted by molar-refractivity contribution is 0.0843. The number of aromatic nitrogens is 2. The standard InChI is InChI=1S/C16H21N3O3/c1-11-5-4-6-14(7-11)22-10-13(20)8-17-16(21)15-9-19(3)18-12(15)2/h4-7,9,13,20H,8,10H2,1-3H3,(H,17,21). The van der Waals surface area contributed by atoms with E-state index in [0.29, 0.717) is 17.0 Å². The fraction of sp³-hybridized carbons (Fsp3) is 0.375. The Hall–Kier alpha value is -2.34. The van der Waals surface area contributed by atoms with Crippen molar-refractivity contribution in [1.82, 2.24) is 15.1 Å². The smallest absolute Gasteiger partial charge is 0.254 e. The van der Waals surface area contributed by atoms with Gasteiger partial charge in [0.1, 0.15) is 18.5 Å². The second-order valence-corrected chi connectivity index (χ2v) is 5.29. The first-order valence-electron chi connectivity index (χ1n) is 7.11. The highest BCUT2D eigenvalue weighted by atomic mass is 16.5. The van der Waals surface area contributed by atoms with Crippen molar-refractivity contribution in [2.45, 2.75) is 20.0 Å². The Morgan fingerprint density at radius 2 is 2.23 bits per heavy atom. The molecule has 6 nitrogen and oxygen atoms in total. The number of aryl methyl sites for hydroxylation is 3. The van der Waals surface area contributed by atoms with E-state index in [1.54, 1.807) is 24.9 Å². The summed E-state index contributed by atoms with van der Waals surface area (Å²) >= 11 is 0. The molecule has 118 valence electrons. The maximum atomic E-state index is 12.0. The fourth-order valence-corrected chi connectivity index (χ4v) is 2.08. The van der Waals surface area contributed by atoms with Crippen LogP contribution in [0.4, 0.5) is 0 Å². The van der Waals surface area contributed by atoms with Gasteiger partial charge in [-0.2, -0.15) is 5.10 Å². The first-order chi connectivity index (χ1) is 10.5. The van der Waals surface area contributed by atoms with Gasteiger partial charge >= 0.3 is 0 Å². The number of amides is 1. The second kappa shape index (κ2) is 7.09. The molecule has 0 aliphatic carbocycles. The number of carbonyl (C=O) groups excluding carboxylic acids is 1. The average molecular weight is 303 g/mol. The van der Waals surface area contributed by atoms with Gasteiger partial charge in [-0.15, -0.1) is 0 Å². The molecule has 2 N–H and O–H groups in total. The van der Waals surface area contributed by atoms with Gasteiger partial charge in [0.05, 0.1) is 11.3 Å². The van der Waals surface area contributed by atoms with E-state index < -0.39 is 6.10 Å². The molecule has 2 rings (SSSR count). The third-order valence-electron chi connectivity index (χ3n) is 3.19. The predicted molar refractivity (Wildman–Crippen MR) is 83.0 cm³/mol. The minimum absolute atomic E-state index is 0.121. The van der Waals surface area contributed by atoms with Crippen LogP contribution in [0.5, 0.6) is 5.75 Å². The Morgan fingerprint density at radius 3 is 2.86 bits per heavy atom. The molecule has 0 aliphatic rings. The number of aliphatic hydroxyl groups excluding tert-OH is 1. The van der Waals surface area contributed by atoms with Crippen LogP contribution in [-0.4, -0.2) is 40.0 Å². The van der Waals surface area contributed by atoms with Crippen LogP contribution in [0, 0.1) is 13.8 Å². The molecule has 0 saturated heterocycles. The number of benzene rings is 1. The molecule has 0 bridgehead atoms. The van der Waals surface area contributed by atoms with E-state index >= 15 is 0 Å². The van der Waals surface area contributed by atoms with Crippen molar-refractivity contribution in [3.05, 3.63) is 47.3 Å². The zero-order chi connectivity index (χ0) is 16.1. The number of ether oxygens (including phenoxy) is 1. The number of aliphatic hydroxyl groups is 1. The lowest BCUT2D eigenvalue weighted by Gasteiger charge is -2.13. The van der Waals surface area contributed by atoms with E-state index in [4.69, 9.17) is 4.74 Å². The summed E-state index contributed by atoms with van der Waals surface area (Å²) in [5, 5.41) is 16.7. The van der Waals surface area contributed by atoms with E-state index in [0.717, 1.165) is 5.56 Å². The molecule has 1 heterocycles. The Labute approximate surface area is 129 Å². The largest absolute Gasteiger partial charge is 0.491 e. The molecule has 2 aromatic rings. The highest BCUT2D eigenvalue weighted by Gasteiger charge is 2.14. The van der Waals surface area contributed by atoms with Gasteiger partial charge in [-0.05, 0) is 31.5 Å². The second-order valence-electron chi connectivity index (χ2n) is 5.29. The minimum atomic E-state index is -0.776. The molecule has 0 spiro atoms. The zero-order valence-electron chi connectivity index (χ0n) is 13.0. The van der Waals surface area contributed by atoms with E-state index in [1.807, 2.05) is 31.2 Å². The highest BCUT2D eigenvalue weighted by Crippen LogP contribution is 2.12. The zero-order valence-corrected chi connectivity index (χ0v) is 13.0. The molecule has 6 heteroatoms. The highest BCUT2D eigenvalue weighted by molar-refractivity contribution is 5.94. The third-order valence-corrected chi connectivity index (χ3v) is 3.19. The minimum Gasteiger partial charge on any atom is -0.491 e. The maximum Gasteiger partial charge on any atom is 0.254 e. The van der Waals surface area contributed by atoms with Crippen molar-refractivity contribution in [2.24, 2.45) is 7.05 Å². The average Bonchev–Trinajstić information content (AvgIpc) is 2.81. The first kappa shape index (κ1) is 16.0. The number of hydrogen-bond donors (Lipinski definition) is 2. The normalized spacial score (nSPS) is 12.0. The Balaban J connectivity index is 1.79. The van der Waals surface area contributed by atoms with Gasteiger partial charge in [-0.1, -0.05) is 12.1 Å². The summed E-state index contributed by atoms with van der Waals surface area (Å²) in [6.45, 7) is 3.99. The molecule has 0 fully saturated rings. The molecule has 1 unspecified atom stereocenters. The molecule has 22 heavy (non-hydrogen) atoms. The number of nitrogens with one attached hydrogen (secondary N) is 1. The summed E-state index contributed by atoms with van der Waals surface area (Å²) in [6, 6.07) is 7.59. The summed E-state index contributed by atoms with van der Waals surface area (Å²) in [6.07, 6.45) is 0.877. The summed E-state index contributed by atoms with van der Waals surface area (Å²) in [7, 11) is 1.76. The molecule has 0 radical (unpaired) electrons. The lowest BCUT2D eigenvalue weighted by atomic mass is 10.2. The summed E-state index contributed by atoms with van der Waals surface area (Å²) in [5.41, 5.74) is 2.26. The van der Waals surface area contributed by atoms with E-state index in [2.05, 4.69) is 10.4 Å². The molecule has 1 aromatic carbocycles. The van der Waals surface area contributed by atoms with E-state index in [1.165, 1.54) is 0 Å². The lowest BCUT2D eigenvalue weighted by Crippen LogP contribution is -2.35. The van der Waals surface area contributed by atoms with Crippen molar-refractivity contribution < 1.29 is 14.6 Å². The van der Waals surface area contributed by atoms with Gasteiger partial charge in [-0.25, -0.2) is 0 Å². The summed E-state index contributed by atoms with van der Waals surface area (Å²) in [4.78, 5) is 12.0. The summed E-state index contributed by atoms with van der Waals surface area (Å²) in [5.74, 6) is 0.452. The number of hydrogen-bond acceptors (Lipinski definition) is 4. The predicted octanol–water partition coefficient (Wildman–Crippen LogP) is 1.21. The van der Waals surface area contributed by atoms with Crippen molar-refractivity contribution in [1.29, 1.82) is 0 Å². The Bertz CT molecular complexity index is 652. The van der Waals surface area contributed by atoms with E-state index in [-0.39, 0.29) is 19.1 Å². The van der Waals surface area contributed by atoms with Crippen LogP contribution < -0.4 is 10.1 Å². The maximum absolute atomic E-state index is 12.0. The van der Waals surface area contributed by atoms with Crippen molar-refractivity contribution >= 4 is 5.91 Å². The van der Waals surface area contributed by atoms with Gasteiger partial charge in [0, 0.05) is 19.8 Å². The van der Waals surface area contributed by atoms with Gasteiger partial charge in [-0.3, -0.25) is 9.48 Å². The topological polar surface area (TPSA) is 76.4 Å². The van der Waals surface area contributed by atoms with E-state index in [9.17, 15) is 9.90 Å². The summed E-state index contributed by atoms with van der Waals surface area (Å²) < 4.78 is 7.08.